The van der Waals surface area contributed by atoms with E-state index in [9.17, 15) is 61.0 Å². The molecule has 484 valence electrons. The molecule has 3 heterocycles. The average Bonchev–Trinajstić information content (AvgIpc) is 2.29. The van der Waals surface area contributed by atoms with Crippen molar-refractivity contribution in [2.45, 2.75) is 259 Å². The van der Waals surface area contributed by atoms with Gasteiger partial charge in [-0.15, -0.1) is 0 Å². The minimum atomic E-state index is -1.99. The van der Waals surface area contributed by atoms with Crippen LogP contribution in [-0.2, 0) is 33.2 Å². The van der Waals surface area contributed by atoms with E-state index in [1.807, 2.05) is 6.08 Å². The topological polar surface area (TPSA) is 307 Å². The molecule has 85 heavy (non-hydrogen) atoms. The third-order valence-corrected chi connectivity index (χ3v) is 14.7. The summed E-state index contributed by atoms with van der Waals surface area (Å²) in [6.45, 7) is 1.47. The normalized spacial score (nSPS) is 29.8. The third kappa shape index (κ3) is 30.3. The summed E-state index contributed by atoms with van der Waals surface area (Å²) in [4.78, 5) is 13.3. The maximum Gasteiger partial charge on any atom is 0.220 e. The second kappa shape index (κ2) is 47.2. The fraction of sp³-hybridized carbons (Fsp3) is 0.682. The second-order valence-corrected chi connectivity index (χ2v) is 21.8. The Labute approximate surface area is 506 Å². The Morgan fingerprint density at radius 3 is 1.32 bits per heavy atom. The lowest BCUT2D eigenvalue weighted by Gasteiger charge is -2.48. The molecule has 17 unspecified atom stereocenters. The number of ether oxygens (including phenoxy) is 6. The highest BCUT2D eigenvalue weighted by Crippen LogP contribution is 2.33. The molecule has 19 nitrogen and oxygen atoms in total. The zero-order chi connectivity index (χ0) is 61.9. The van der Waals surface area contributed by atoms with Gasteiger partial charge < -0.3 is 89.9 Å². The molecule has 1 amide bonds. The zero-order valence-corrected chi connectivity index (χ0v) is 50.5. The SMILES string of the molecule is CC/C=C\C/C=C\C/C=C\C/C=C\C/C=C\C/C=C\C/C=C\C/C=C\CCCCCCCCC(=O)NC(COC1OC(CO)C(OC2OC(CO)C(OC3OC(CO)C(O)C(O)C3O)C(O)C2O)C(O)C1O)C(O)/C=C/CC/C=C/CCCCC. The van der Waals surface area contributed by atoms with Gasteiger partial charge in [0.2, 0.25) is 5.91 Å². The minimum absolute atomic E-state index is 0.209. The van der Waals surface area contributed by atoms with E-state index in [0.29, 0.717) is 12.8 Å². The predicted molar refractivity (Wildman–Crippen MR) is 327 cm³/mol. The Kier molecular flexibility index (Phi) is 41.9. The van der Waals surface area contributed by atoms with Crippen LogP contribution in [-0.4, -0.2) is 193 Å². The van der Waals surface area contributed by atoms with Crippen LogP contribution in [0.5, 0.6) is 0 Å². The van der Waals surface area contributed by atoms with Crippen molar-refractivity contribution in [1.29, 1.82) is 0 Å². The van der Waals surface area contributed by atoms with Crippen molar-refractivity contribution in [1.82, 2.24) is 5.32 Å². The minimum Gasteiger partial charge on any atom is -0.394 e. The van der Waals surface area contributed by atoms with Gasteiger partial charge in [0.1, 0.15) is 73.2 Å². The van der Waals surface area contributed by atoms with E-state index in [4.69, 9.17) is 28.4 Å². The molecular formula is C66H107NO18. The number of amides is 1. The number of hydrogen-bond donors (Lipinski definition) is 12. The van der Waals surface area contributed by atoms with Crippen molar-refractivity contribution in [3.63, 3.8) is 0 Å². The first-order valence-electron chi connectivity index (χ1n) is 31.3. The highest BCUT2D eigenvalue weighted by molar-refractivity contribution is 5.76. The van der Waals surface area contributed by atoms with Crippen molar-refractivity contribution in [2.24, 2.45) is 0 Å². The van der Waals surface area contributed by atoms with Crippen molar-refractivity contribution in [2.75, 3.05) is 26.4 Å². The number of nitrogens with one attached hydrogen (secondary N) is 1. The Balaban J connectivity index is 1.40. The van der Waals surface area contributed by atoms with Crippen molar-refractivity contribution in [3.05, 3.63) is 122 Å². The quantitative estimate of drug-likeness (QED) is 0.0229. The van der Waals surface area contributed by atoms with Crippen LogP contribution in [0, 0.1) is 0 Å². The Morgan fingerprint density at radius 2 is 0.824 bits per heavy atom. The molecule has 0 saturated carbocycles. The predicted octanol–water partition coefficient (Wildman–Crippen LogP) is 6.48. The summed E-state index contributed by atoms with van der Waals surface area (Å²) in [5.41, 5.74) is 0. The summed E-state index contributed by atoms with van der Waals surface area (Å²) in [6, 6.07) is -1.00. The maximum atomic E-state index is 13.3. The summed E-state index contributed by atoms with van der Waals surface area (Å²) in [5.74, 6) is -0.310. The lowest BCUT2D eigenvalue weighted by atomic mass is 9.96. The molecule has 0 aromatic carbocycles. The molecule has 0 radical (unpaired) electrons. The van der Waals surface area contributed by atoms with Crippen molar-refractivity contribution < 1.29 is 89.4 Å². The molecule has 3 aliphatic heterocycles. The van der Waals surface area contributed by atoms with E-state index < -0.39 is 124 Å². The number of hydrogen-bond acceptors (Lipinski definition) is 18. The summed E-state index contributed by atoms with van der Waals surface area (Å²) in [6.07, 6.45) is 36.4. The Bertz CT molecular complexity index is 2020. The largest absolute Gasteiger partial charge is 0.394 e. The van der Waals surface area contributed by atoms with E-state index in [2.05, 4.69) is 129 Å². The van der Waals surface area contributed by atoms with Gasteiger partial charge in [-0.1, -0.05) is 174 Å². The number of aliphatic hydroxyl groups is 11. The van der Waals surface area contributed by atoms with Crippen molar-refractivity contribution in [3.8, 4) is 0 Å². The lowest BCUT2D eigenvalue weighted by molar-refractivity contribution is -0.379. The third-order valence-electron chi connectivity index (χ3n) is 14.7. The molecule has 3 fully saturated rings. The van der Waals surface area contributed by atoms with Gasteiger partial charge in [0.25, 0.3) is 0 Å². The second-order valence-electron chi connectivity index (χ2n) is 21.8. The van der Waals surface area contributed by atoms with Crippen LogP contribution in [0.3, 0.4) is 0 Å². The first-order chi connectivity index (χ1) is 41.3. The van der Waals surface area contributed by atoms with Crippen LogP contribution < -0.4 is 5.32 Å². The Hall–Kier alpha value is -3.81. The lowest BCUT2D eigenvalue weighted by Crippen LogP contribution is -2.66. The first kappa shape index (κ1) is 75.4. The molecule has 17 atom stereocenters. The van der Waals surface area contributed by atoms with Crippen LogP contribution >= 0.6 is 0 Å². The Morgan fingerprint density at radius 1 is 0.435 bits per heavy atom. The number of rotatable bonds is 44. The summed E-state index contributed by atoms with van der Waals surface area (Å²) >= 11 is 0. The molecule has 0 aliphatic carbocycles. The van der Waals surface area contributed by atoms with Gasteiger partial charge in [0, 0.05) is 6.42 Å². The fourth-order valence-corrected chi connectivity index (χ4v) is 9.63. The molecular weight excluding hydrogens is 1090 g/mol. The van der Waals surface area contributed by atoms with Crippen LogP contribution in [0.1, 0.15) is 155 Å². The van der Waals surface area contributed by atoms with Crippen molar-refractivity contribution >= 4 is 5.91 Å². The number of allylic oxidation sites excluding steroid dienone is 19. The van der Waals surface area contributed by atoms with Crippen LogP contribution in [0.25, 0.3) is 0 Å². The molecule has 0 aromatic rings. The molecule has 0 spiro atoms. The number of carbonyl (C=O) groups excluding carboxylic acids is 1. The molecule has 3 aliphatic rings. The van der Waals surface area contributed by atoms with E-state index in [-0.39, 0.29) is 18.9 Å². The molecule has 3 saturated heterocycles. The van der Waals surface area contributed by atoms with E-state index >= 15 is 0 Å². The number of carbonyl (C=O) groups is 1. The molecule has 19 heteroatoms. The highest BCUT2D eigenvalue weighted by atomic mass is 16.8. The number of aliphatic hydroxyl groups excluding tert-OH is 11. The smallest absolute Gasteiger partial charge is 0.220 e. The average molecular weight is 1200 g/mol. The monoisotopic (exact) mass is 1200 g/mol. The zero-order valence-electron chi connectivity index (χ0n) is 50.5. The van der Waals surface area contributed by atoms with Crippen LogP contribution in [0.4, 0.5) is 0 Å². The van der Waals surface area contributed by atoms with Crippen LogP contribution in [0.15, 0.2) is 122 Å². The standard InChI is InChI=1S/C66H107NO18/c1-3-5-7-9-11-13-14-15-16-17-18-19-20-21-22-23-24-25-26-27-28-29-30-31-32-33-34-36-38-40-42-44-54(72)67-49(50(71)43-41-39-37-35-12-10-8-6-4-2)48-80-64-60(78)57(75)62(52(46-69)82-64)85-66-61(79)58(76)63(53(47-70)83-66)84-65-59(77)56(74)55(73)51(45-68)81-65/h5,7,11-13,15-16,18-19,21-22,24-25,27-28,30-31,35,41,43,49-53,55-66,68-71,73-79H,3-4,6,8-10,14,17,20,23,26,29,32-34,36-40,42,44-48H2,1-2H3,(H,67,72)/b7-5-,13-11-,16-15-,19-18-,22-21-,25-24-,28-27-,31-30-,35-12+,43-41+. The van der Waals surface area contributed by atoms with Gasteiger partial charge >= 0.3 is 0 Å². The van der Waals surface area contributed by atoms with Gasteiger partial charge in [-0.25, -0.2) is 0 Å². The van der Waals surface area contributed by atoms with Gasteiger partial charge in [0.15, 0.2) is 18.9 Å². The molecule has 0 aromatic heterocycles. The maximum absolute atomic E-state index is 13.3. The van der Waals surface area contributed by atoms with Gasteiger partial charge in [0.05, 0.1) is 38.6 Å². The van der Waals surface area contributed by atoms with Gasteiger partial charge in [-0.3, -0.25) is 4.79 Å². The summed E-state index contributed by atoms with van der Waals surface area (Å²) in [7, 11) is 0. The van der Waals surface area contributed by atoms with Gasteiger partial charge in [-0.2, -0.15) is 0 Å². The van der Waals surface area contributed by atoms with E-state index in [1.54, 1.807) is 6.08 Å². The van der Waals surface area contributed by atoms with Crippen LogP contribution in [0.2, 0.25) is 0 Å². The van der Waals surface area contributed by atoms with Gasteiger partial charge in [-0.05, 0) is 96.3 Å². The number of unbranched alkanes of at least 4 members (excludes halogenated alkanes) is 10. The first-order valence-corrected chi connectivity index (χ1v) is 31.3. The summed E-state index contributed by atoms with van der Waals surface area (Å²) in [5, 5.41) is 120. The molecule has 0 bridgehead atoms. The molecule has 12 N–H and O–H groups in total. The van der Waals surface area contributed by atoms with E-state index in [1.165, 1.54) is 6.42 Å². The summed E-state index contributed by atoms with van der Waals surface area (Å²) < 4.78 is 34.1. The molecule has 3 rings (SSSR count). The van der Waals surface area contributed by atoms with E-state index in [0.717, 1.165) is 116 Å². The fourth-order valence-electron chi connectivity index (χ4n) is 9.63. The highest BCUT2D eigenvalue weighted by Gasteiger charge is 2.53.